The zero-order valence-corrected chi connectivity index (χ0v) is 11.2. The molecule has 19 heavy (non-hydrogen) atoms. The lowest BCUT2D eigenvalue weighted by Gasteiger charge is -2.10. The molecule has 1 aliphatic heterocycles. The third-order valence-electron chi connectivity index (χ3n) is 2.97. The van der Waals surface area contributed by atoms with Gasteiger partial charge in [0, 0.05) is 11.9 Å². The fourth-order valence-electron chi connectivity index (χ4n) is 1.98. The highest BCUT2D eigenvalue weighted by atomic mass is 35.5. The highest BCUT2D eigenvalue weighted by Crippen LogP contribution is 2.37. The maximum atomic E-state index is 5.86. The van der Waals surface area contributed by atoms with Crippen molar-refractivity contribution in [2.45, 2.75) is 12.8 Å². The Hall–Kier alpha value is -1.87. The average Bonchev–Trinajstić information content (AvgIpc) is 2.88. The van der Waals surface area contributed by atoms with Gasteiger partial charge < -0.3 is 14.2 Å². The van der Waals surface area contributed by atoms with E-state index >= 15 is 0 Å². The van der Waals surface area contributed by atoms with E-state index in [9.17, 15) is 0 Å². The standard InChI is InChI=1S/C15H13ClO3/c1-10-6-11(8-16)2-4-13(10)19-12-3-5-14-15(7-12)18-9-17-14/h2-7H,8-9H2,1H3. The summed E-state index contributed by atoms with van der Waals surface area (Å²) in [7, 11) is 0. The highest BCUT2D eigenvalue weighted by Gasteiger charge is 2.14. The summed E-state index contributed by atoms with van der Waals surface area (Å²) in [5.74, 6) is 3.51. The first-order valence-corrected chi connectivity index (χ1v) is 6.53. The topological polar surface area (TPSA) is 27.7 Å². The van der Waals surface area contributed by atoms with Gasteiger partial charge in [0.05, 0.1) is 0 Å². The number of hydrogen-bond acceptors (Lipinski definition) is 3. The molecular formula is C15H13ClO3. The van der Waals surface area contributed by atoms with Gasteiger partial charge in [-0.25, -0.2) is 0 Å². The predicted octanol–water partition coefficient (Wildman–Crippen LogP) is 4.25. The Morgan fingerprint density at radius 1 is 1.11 bits per heavy atom. The molecule has 0 N–H and O–H groups in total. The average molecular weight is 277 g/mol. The molecule has 1 heterocycles. The summed E-state index contributed by atoms with van der Waals surface area (Å²) in [4.78, 5) is 0. The Kier molecular flexibility index (Phi) is 3.22. The van der Waals surface area contributed by atoms with Crippen molar-refractivity contribution < 1.29 is 14.2 Å². The van der Waals surface area contributed by atoms with E-state index in [2.05, 4.69) is 0 Å². The van der Waals surface area contributed by atoms with Gasteiger partial charge in [-0.05, 0) is 36.2 Å². The van der Waals surface area contributed by atoms with Gasteiger partial charge in [0.15, 0.2) is 11.5 Å². The van der Waals surface area contributed by atoms with Gasteiger partial charge in [0.1, 0.15) is 11.5 Å². The van der Waals surface area contributed by atoms with Gasteiger partial charge in [-0.3, -0.25) is 0 Å². The summed E-state index contributed by atoms with van der Waals surface area (Å²) in [6, 6.07) is 11.5. The molecule has 2 aromatic carbocycles. The summed E-state index contributed by atoms with van der Waals surface area (Å²) in [5.41, 5.74) is 2.13. The normalized spacial score (nSPS) is 12.5. The first kappa shape index (κ1) is 12.2. The second-order valence-corrected chi connectivity index (χ2v) is 4.62. The molecule has 0 aromatic heterocycles. The van der Waals surface area contributed by atoms with Gasteiger partial charge in [-0.1, -0.05) is 12.1 Å². The Labute approximate surface area is 116 Å². The minimum absolute atomic E-state index is 0.266. The van der Waals surface area contributed by atoms with Crippen LogP contribution in [0.2, 0.25) is 0 Å². The van der Waals surface area contributed by atoms with Crippen LogP contribution in [0, 0.1) is 6.92 Å². The third kappa shape index (κ3) is 2.47. The van der Waals surface area contributed by atoms with E-state index in [0.717, 1.165) is 28.4 Å². The van der Waals surface area contributed by atoms with E-state index in [-0.39, 0.29) is 6.79 Å². The van der Waals surface area contributed by atoms with Crippen molar-refractivity contribution in [1.29, 1.82) is 0 Å². The van der Waals surface area contributed by atoms with Crippen LogP contribution in [0.5, 0.6) is 23.0 Å². The van der Waals surface area contributed by atoms with Crippen LogP contribution >= 0.6 is 11.6 Å². The molecule has 2 aromatic rings. The van der Waals surface area contributed by atoms with E-state index in [4.69, 9.17) is 25.8 Å². The monoisotopic (exact) mass is 276 g/mol. The van der Waals surface area contributed by atoms with Crippen molar-refractivity contribution in [2.75, 3.05) is 6.79 Å². The number of ether oxygens (including phenoxy) is 3. The number of alkyl halides is 1. The van der Waals surface area contributed by atoms with Gasteiger partial charge in [-0.2, -0.15) is 0 Å². The number of aryl methyl sites for hydroxylation is 1. The number of halogens is 1. The molecule has 0 fully saturated rings. The maximum Gasteiger partial charge on any atom is 0.231 e. The van der Waals surface area contributed by atoms with Crippen LogP contribution in [-0.4, -0.2) is 6.79 Å². The molecule has 0 saturated carbocycles. The summed E-state index contributed by atoms with van der Waals surface area (Å²) < 4.78 is 16.4. The number of rotatable bonds is 3. The van der Waals surface area contributed by atoms with Gasteiger partial charge >= 0.3 is 0 Å². The second-order valence-electron chi connectivity index (χ2n) is 4.35. The Balaban J connectivity index is 1.85. The second kappa shape index (κ2) is 5.02. The van der Waals surface area contributed by atoms with Gasteiger partial charge in [0.25, 0.3) is 0 Å². The minimum Gasteiger partial charge on any atom is -0.457 e. The van der Waals surface area contributed by atoms with Crippen molar-refractivity contribution in [3.63, 3.8) is 0 Å². The maximum absolute atomic E-state index is 5.86. The molecule has 3 rings (SSSR count). The van der Waals surface area contributed by atoms with Crippen molar-refractivity contribution >= 4 is 11.6 Å². The van der Waals surface area contributed by atoms with E-state index in [1.54, 1.807) is 0 Å². The van der Waals surface area contributed by atoms with E-state index in [1.165, 1.54) is 0 Å². The Morgan fingerprint density at radius 2 is 1.95 bits per heavy atom. The van der Waals surface area contributed by atoms with E-state index in [0.29, 0.717) is 11.6 Å². The number of benzene rings is 2. The molecule has 1 aliphatic rings. The van der Waals surface area contributed by atoms with Crippen molar-refractivity contribution in [3.05, 3.63) is 47.5 Å². The van der Waals surface area contributed by atoms with E-state index in [1.807, 2.05) is 43.3 Å². The molecule has 3 nitrogen and oxygen atoms in total. The lowest BCUT2D eigenvalue weighted by Crippen LogP contribution is -1.93. The van der Waals surface area contributed by atoms with Crippen LogP contribution in [0.4, 0.5) is 0 Å². The molecule has 0 aliphatic carbocycles. The van der Waals surface area contributed by atoms with Crippen LogP contribution in [0.25, 0.3) is 0 Å². The predicted molar refractivity (Wildman–Crippen MR) is 73.4 cm³/mol. The van der Waals surface area contributed by atoms with E-state index < -0.39 is 0 Å². The van der Waals surface area contributed by atoms with Crippen LogP contribution in [0.3, 0.4) is 0 Å². The molecule has 0 radical (unpaired) electrons. The number of fused-ring (bicyclic) bond motifs is 1. The molecular weight excluding hydrogens is 264 g/mol. The van der Waals surface area contributed by atoms with Crippen LogP contribution in [0.1, 0.15) is 11.1 Å². The zero-order chi connectivity index (χ0) is 13.2. The van der Waals surface area contributed by atoms with Crippen molar-refractivity contribution in [2.24, 2.45) is 0 Å². The fraction of sp³-hybridized carbons (Fsp3) is 0.200. The molecule has 0 amide bonds. The molecule has 4 heteroatoms. The largest absolute Gasteiger partial charge is 0.457 e. The minimum atomic E-state index is 0.266. The lowest BCUT2D eigenvalue weighted by atomic mass is 10.1. The van der Waals surface area contributed by atoms with Crippen LogP contribution in [0.15, 0.2) is 36.4 Å². The molecule has 0 bridgehead atoms. The van der Waals surface area contributed by atoms with Gasteiger partial charge in [-0.15, -0.1) is 11.6 Å². The van der Waals surface area contributed by atoms with Crippen LogP contribution < -0.4 is 14.2 Å². The third-order valence-corrected chi connectivity index (χ3v) is 3.27. The Morgan fingerprint density at radius 3 is 2.74 bits per heavy atom. The number of hydrogen-bond donors (Lipinski definition) is 0. The highest BCUT2D eigenvalue weighted by molar-refractivity contribution is 6.17. The van der Waals surface area contributed by atoms with Gasteiger partial charge in [0.2, 0.25) is 6.79 Å². The summed E-state index contributed by atoms with van der Waals surface area (Å²) in [5, 5.41) is 0. The molecule has 98 valence electrons. The molecule has 0 spiro atoms. The molecule has 0 atom stereocenters. The van der Waals surface area contributed by atoms with Crippen LogP contribution in [-0.2, 0) is 5.88 Å². The van der Waals surface area contributed by atoms with Crippen molar-refractivity contribution in [3.8, 4) is 23.0 Å². The first-order chi connectivity index (χ1) is 9.26. The summed E-state index contributed by atoms with van der Waals surface area (Å²) in [6.07, 6.45) is 0. The summed E-state index contributed by atoms with van der Waals surface area (Å²) >= 11 is 5.80. The molecule has 0 unspecified atom stereocenters. The fourth-order valence-corrected chi connectivity index (χ4v) is 2.14. The zero-order valence-electron chi connectivity index (χ0n) is 10.5. The molecule has 0 saturated heterocycles. The SMILES string of the molecule is Cc1cc(CCl)ccc1Oc1ccc2c(c1)OCO2. The first-order valence-electron chi connectivity index (χ1n) is 5.99. The quantitative estimate of drug-likeness (QED) is 0.784. The van der Waals surface area contributed by atoms with Crippen molar-refractivity contribution in [1.82, 2.24) is 0 Å². The Bertz CT molecular complexity index is 610. The smallest absolute Gasteiger partial charge is 0.231 e. The summed E-state index contributed by atoms with van der Waals surface area (Å²) in [6.45, 7) is 2.26. The lowest BCUT2D eigenvalue weighted by molar-refractivity contribution is 0.174.